The van der Waals surface area contributed by atoms with Crippen molar-refractivity contribution < 1.29 is 14.0 Å². The van der Waals surface area contributed by atoms with Crippen molar-refractivity contribution in [1.82, 2.24) is 4.90 Å². The molecule has 1 atom stereocenters. The van der Waals surface area contributed by atoms with Crippen molar-refractivity contribution in [3.63, 3.8) is 0 Å². The van der Waals surface area contributed by atoms with Crippen LogP contribution in [0.5, 0.6) is 0 Å². The van der Waals surface area contributed by atoms with E-state index < -0.39 is 0 Å². The van der Waals surface area contributed by atoms with Crippen LogP contribution < -0.4 is 0 Å². The summed E-state index contributed by atoms with van der Waals surface area (Å²) in [6.45, 7) is 0.472. The Hall–Kier alpha value is -2.56. The van der Waals surface area contributed by atoms with Gasteiger partial charge in [0.25, 0.3) is 5.91 Å². The normalized spacial score (nSPS) is 17.2. The molecular formula is C16H16N2O3. The molecule has 0 bridgehead atoms. The van der Waals surface area contributed by atoms with E-state index in [0.29, 0.717) is 18.7 Å². The Morgan fingerprint density at radius 3 is 2.81 bits per heavy atom. The van der Waals surface area contributed by atoms with E-state index in [1.54, 1.807) is 24.1 Å². The minimum absolute atomic E-state index is 0.121. The zero-order valence-electron chi connectivity index (χ0n) is 11.7. The molecule has 0 aliphatic carbocycles. The number of nitrogens with zero attached hydrogens (tertiary/aromatic N) is 2. The summed E-state index contributed by atoms with van der Waals surface area (Å²) < 4.78 is 5.11. The number of rotatable bonds is 4. The van der Waals surface area contributed by atoms with Crippen molar-refractivity contribution in [2.45, 2.75) is 12.5 Å². The Morgan fingerprint density at radius 2 is 2.10 bits per heavy atom. The molecule has 2 aromatic rings. The number of hydrogen-bond acceptors (Lipinski definition) is 4. The van der Waals surface area contributed by atoms with E-state index in [1.807, 2.05) is 30.3 Å². The minimum atomic E-state index is -0.156. The van der Waals surface area contributed by atoms with Gasteiger partial charge in [-0.2, -0.15) is 0 Å². The minimum Gasteiger partial charge on any atom is -0.459 e. The van der Waals surface area contributed by atoms with Crippen molar-refractivity contribution in [2.24, 2.45) is 5.16 Å². The van der Waals surface area contributed by atoms with Crippen molar-refractivity contribution in [3.8, 4) is 0 Å². The van der Waals surface area contributed by atoms with Crippen LogP contribution in [0, 0.1) is 0 Å². The Bertz CT molecular complexity index is 635. The van der Waals surface area contributed by atoms with Gasteiger partial charge in [0.15, 0.2) is 11.9 Å². The maximum Gasteiger partial charge on any atom is 0.289 e. The fourth-order valence-electron chi connectivity index (χ4n) is 2.30. The Balaban J connectivity index is 1.58. The van der Waals surface area contributed by atoms with Crippen LogP contribution in [0.3, 0.4) is 0 Å². The highest BCUT2D eigenvalue weighted by atomic mass is 16.6. The van der Waals surface area contributed by atoms with E-state index in [1.165, 1.54) is 6.26 Å². The third kappa shape index (κ3) is 2.97. The fourth-order valence-corrected chi connectivity index (χ4v) is 2.30. The molecule has 1 amide bonds. The fraction of sp³-hybridized carbons (Fsp3) is 0.250. The van der Waals surface area contributed by atoms with Gasteiger partial charge in [-0.3, -0.25) is 4.79 Å². The van der Waals surface area contributed by atoms with Gasteiger partial charge in [-0.15, -0.1) is 0 Å². The first-order valence-corrected chi connectivity index (χ1v) is 6.81. The number of amides is 1. The van der Waals surface area contributed by atoms with E-state index >= 15 is 0 Å². The molecule has 5 heteroatoms. The summed E-state index contributed by atoms with van der Waals surface area (Å²) in [7, 11) is 1.73. The maximum absolute atomic E-state index is 12.1. The van der Waals surface area contributed by atoms with E-state index in [2.05, 4.69) is 5.16 Å². The number of hydrogen-bond donors (Lipinski definition) is 0. The molecule has 1 unspecified atom stereocenters. The highest BCUT2D eigenvalue weighted by molar-refractivity contribution is 6.01. The van der Waals surface area contributed by atoms with Gasteiger partial charge in [-0.25, -0.2) is 0 Å². The average molecular weight is 284 g/mol. The summed E-state index contributed by atoms with van der Waals surface area (Å²) in [6, 6.07) is 13.3. The first-order chi connectivity index (χ1) is 10.2. The molecule has 0 saturated carbocycles. The molecule has 1 aromatic carbocycles. The topological polar surface area (TPSA) is 55.0 Å². The van der Waals surface area contributed by atoms with Gasteiger partial charge in [-0.1, -0.05) is 35.5 Å². The zero-order valence-corrected chi connectivity index (χ0v) is 11.7. The van der Waals surface area contributed by atoms with Gasteiger partial charge in [0, 0.05) is 13.5 Å². The molecule has 21 heavy (non-hydrogen) atoms. The van der Waals surface area contributed by atoms with Crippen LogP contribution in [0.4, 0.5) is 0 Å². The van der Waals surface area contributed by atoms with Gasteiger partial charge in [0.05, 0.1) is 18.5 Å². The molecule has 1 aromatic heterocycles. The lowest BCUT2D eigenvalue weighted by Gasteiger charge is -2.18. The van der Waals surface area contributed by atoms with Crippen molar-refractivity contribution in [3.05, 3.63) is 60.1 Å². The Labute approximate surface area is 122 Å². The van der Waals surface area contributed by atoms with Gasteiger partial charge < -0.3 is 14.2 Å². The molecule has 0 radical (unpaired) electrons. The third-order valence-corrected chi connectivity index (χ3v) is 3.40. The maximum atomic E-state index is 12.1. The van der Waals surface area contributed by atoms with Crippen molar-refractivity contribution >= 4 is 11.6 Å². The third-order valence-electron chi connectivity index (χ3n) is 3.40. The Morgan fingerprint density at radius 1 is 1.29 bits per heavy atom. The number of oxime groups is 1. The molecule has 0 N–H and O–H groups in total. The van der Waals surface area contributed by atoms with Crippen LogP contribution in [0.25, 0.3) is 0 Å². The van der Waals surface area contributed by atoms with E-state index in [9.17, 15) is 4.79 Å². The zero-order chi connectivity index (χ0) is 14.7. The lowest BCUT2D eigenvalue weighted by molar-refractivity contribution is 0.0464. The first kappa shape index (κ1) is 13.4. The highest BCUT2D eigenvalue weighted by Gasteiger charge is 2.26. The summed E-state index contributed by atoms with van der Waals surface area (Å²) in [5.41, 5.74) is 1.97. The van der Waals surface area contributed by atoms with Crippen molar-refractivity contribution in [2.75, 3.05) is 13.6 Å². The molecule has 1 aliphatic heterocycles. The molecule has 0 fully saturated rings. The summed E-state index contributed by atoms with van der Waals surface area (Å²) in [5.74, 6) is 0.177. The van der Waals surface area contributed by atoms with E-state index in [4.69, 9.17) is 9.25 Å². The van der Waals surface area contributed by atoms with Crippen LogP contribution >= 0.6 is 0 Å². The number of carbonyl (C=O) groups excluding carboxylic acids is 1. The van der Waals surface area contributed by atoms with Crippen molar-refractivity contribution in [1.29, 1.82) is 0 Å². The molecule has 0 saturated heterocycles. The van der Waals surface area contributed by atoms with Gasteiger partial charge in [-0.05, 0) is 17.7 Å². The summed E-state index contributed by atoms with van der Waals surface area (Å²) in [5, 5.41) is 4.12. The number of likely N-dealkylation sites (N-methyl/N-ethyl adjacent to an activating group) is 1. The molecule has 5 nitrogen and oxygen atoms in total. The predicted molar refractivity (Wildman–Crippen MR) is 78.1 cm³/mol. The lowest BCUT2D eigenvalue weighted by Crippen LogP contribution is -2.34. The first-order valence-electron chi connectivity index (χ1n) is 6.81. The smallest absolute Gasteiger partial charge is 0.289 e. The molecule has 3 rings (SSSR count). The molecule has 108 valence electrons. The summed E-state index contributed by atoms with van der Waals surface area (Å²) >= 11 is 0. The largest absolute Gasteiger partial charge is 0.459 e. The van der Waals surface area contributed by atoms with Gasteiger partial charge in [0.2, 0.25) is 0 Å². The Kier molecular flexibility index (Phi) is 3.73. The van der Waals surface area contributed by atoms with Gasteiger partial charge >= 0.3 is 0 Å². The number of furan rings is 1. The van der Waals surface area contributed by atoms with Crippen LogP contribution in [-0.4, -0.2) is 36.2 Å². The second kappa shape index (κ2) is 5.83. The SMILES string of the molecule is CN(CC1CC(c2ccccc2)=NO1)C(=O)c1ccco1. The molecule has 0 spiro atoms. The molecular weight excluding hydrogens is 268 g/mol. The van der Waals surface area contributed by atoms with Crippen LogP contribution in [0.2, 0.25) is 0 Å². The quantitative estimate of drug-likeness (QED) is 0.867. The standard InChI is InChI=1S/C16H16N2O3/c1-18(16(19)15-8-5-9-20-15)11-13-10-14(17-21-13)12-6-3-2-4-7-12/h2-9,13H,10-11H2,1H3. The van der Waals surface area contributed by atoms with Crippen LogP contribution in [-0.2, 0) is 4.84 Å². The number of carbonyl (C=O) groups is 1. The highest BCUT2D eigenvalue weighted by Crippen LogP contribution is 2.17. The van der Waals surface area contributed by atoms with Gasteiger partial charge in [0.1, 0.15) is 0 Å². The van der Waals surface area contributed by atoms with Crippen LogP contribution in [0.15, 0.2) is 58.3 Å². The molecule has 1 aliphatic rings. The predicted octanol–water partition coefficient (Wildman–Crippen LogP) is 2.54. The second-order valence-corrected chi connectivity index (χ2v) is 5.00. The number of benzene rings is 1. The monoisotopic (exact) mass is 284 g/mol. The summed E-state index contributed by atoms with van der Waals surface area (Å²) in [6.07, 6.45) is 2.06. The second-order valence-electron chi connectivity index (χ2n) is 5.00. The van der Waals surface area contributed by atoms with Crippen LogP contribution in [0.1, 0.15) is 22.5 Å². The summed E-state index contributed by atoms with van der Waals surface area (Å²) in [4.78, 5) is 19.1. The van der Waals surface area contributed by atoms with E-state index in [-0.39, 0.29) is 12.0 Å². The average Bonchev–Trinajstić information content (AvgIpc) is 3.19. The lowest BCUT2D eigenvalue weighted by atomic mass is 10.1. The molecule has 2 heterocycles. The van der Waals surface area contributed by atoms with E-state index in [0.717, 1.165) is 11.3 Å².